The van der Waals surface area contributed by atoms with Crippen molar-refractivity contribution in [2.75, 3.05) is 0 Å². The van der Waals surface area contributed by atoms with Crippen LogP contribution in [0.15, 0.2) is 55.0 Å². The van der Waals surface area contributed by atoms with Crippen LogP contribution >= 0.6 is 0 Å². The molecule has 6 heteroatoms. The summed E-state index contributed by atoms with van der Waals surface area (Å²) in [5.41, 5.74) is 1.86. The maximum absolute atomic E-state index is 12.5. The highest BCUT2D eigenvalue weighted by Crippen LogP contribution is 2.20. The molecule has 1 aliphatic rings. The van der Waals surface area contributed by atoms with E-state index in [1.807, 2.05) is 42.5 Å². The Bertz CT molecular complexity index is 915. The van der Waals surface area contributed by atoms with E-state index in [4.69, 9.17) is 0 Å². The van der Waals surface area contributed by atoms with Gasteiger partial charge in [0, 0.05) is 24.7 Å². The smallest absolute Gasteiger partial charge is 0.243 e. The van der Waals surface area contributed by atoms with Gasteiger partial charge in [0.2, 0.25) is 11.8 Å². The summed E-state index contributed by atoms with van der Waals surface area (Å²) in [5.74, 6) is -0.323. The van der Waals surface area contributed by atoms with Gasteiger partial charge in [-0.2, -0.15) is 0 Å². The van der Waals surface area contributed by atoms with Crippen LogP contribution in [0.5, 0.6) is 0 Å². The maximum Gasteiger partial charge on any atom is 0.243 e. The first kappa shape index (κ1) is 15.4. The predicted molar refractivity (Wildman–Crippen MR) is 93.8 cm³/mol. The molecular weight excluding hydrogens is 316 g/mol. The molecule has 0 saturated carbocycles. The van der Waals surface area contributed by atoms with Crippen molar-refractivity contribution in [1.82, 2.24) is 20.6 Å². The van der Waals surface area contributed by atoms with Gasteiger partial charge in [-0.25, -0.2) is 4.98 Å². The quantitative estimate of drug-likeness (QED) is 0.673. The molecule has 1 aliphatic heterocycles. The van der Waals surface area contributed by atoms with Crippen LogP contribution in [-0.2, 0) is 22.4 Å². The van der Waals surface area contributed by atoms with Gasteiger partial charge in [0.1, 0.15) is 12.1 Å². The van der Waals surface area contributed by atoms with Crippen molar-refractivity contribution in [2.45, 2.75) is 24.9 Å². The lowest BCUT2D eigenvalue weighted by Gasteiger charge is -2.29. The average molecular weight is 334 g/mol. The standard InChI is InChI=1S/C19H18N4O2/c24-18-16(8-13-6-3-5-12-4-1-2-7-15(12)13)22-19(25)17(23-18)9-14-10-20-11-21-14/h1-7,10-11,16-17H,8-9H2,(H,20,21)(H,22,25)(H,23,24). The number of carbonyl (C=O) groups excluding carboxylic acids is 2. The van der Waals surface area contributed by atoms with Gasteiger partial charge in [-0.05, 0) is 16.3 Å². The Labute approximate surface area is 144 Å². The van der Waals surface area contributed by atoms with Gasteiger partial charge < -0.3 is 15.6 Å². The molecule has 3 aromatic rings. The second-order valence-corrected chi connectivity index (χ2v) is 6.25. The van der Waals surface area contributed by atoms with E-state index < -0.39 is 12.1 Å². The third-order valence-electron chi connectivity index (χ3n) is 4.55. The van der Waals surface area contributed by atoms with Crippen LogP contribution in [0.4, 0.5) is 0 Å². The molecule has 1 fully saturated rings. The Morgan fingerprint density at radius 1 is 0.880 bits per heavy atom. The molecule has 2 atom stereocenters. The van der Waals surface area contributed by atoms with E-state index in [1.165, 1.54) is 0 Å². The van der Waals surface area contributed by atoms with Crippen molar-refractivity contribution < 1.29 is 9.59 Å². The number of nitrogens with one attached hydrogen (secondary N) is 3. The van der Waals surface area contributed by atoms with Crippen LogP contribution < -0.4 is 10.6 Å². The normalized spacial score (nSPS) is 20.3. The summed E-state index contributed by atoms with van der Waals surface area (Å²) in [7, 11) is 0. The second kappa shape index (κ2) is 6.39. The number of imidazole rings is 1. The summed E-state index contributed by atoms with van der Waals surface area (Å²) in [4.78, 5) is 31.7. The van der Waals surface area contributed by atoms with E-state index in [0.717, 1.165) is 22.0 Å². The van der Waals surface area contributed by atoms with E-state index in [0.29, 0.717) is 12.8 Å². The molecule has 2 heterocycles. The van der Waals surface area contributed by atoms with Crippen LogP contribution in [-0.4, -0.2) is 33.9 Å². The van der Waals surface area contributed by atoms with Crippen molar-refractivity contribution in [1.29, 1.82) is 0 Å². The van der Waals surface area contributed by atoms with E-state index in [-0.39, 0.29) is 11.8 Å². The van der Waals surface area contributed by atoms with Gasteiger partial charge in [0.05, 0.1) is 6.33 Å². The van der Waals surface area contributed by atoms with Crippen LogP contribution in [0, 0.1) is 0 Å². The molecule has 0 radical (unpaired) electrons. The van der Waals surface area contributed by atoms with Gasteiger partial charge in [0.25, 0.3) is 0 Å². The fourth-order valence-electron chi connectivity index (χ4n) is 3.27. The predicted octanol–water partition coefficient (Wildman–Crippen LogP) is 1.33. The van der Waals surface area contributed by atoms with Gasteiger partial charge in [0.15, 0.2) is 0 Å². The molecule has 2 amide bonds. The minimum Gasteiger partial charge on any atom is -0.348 e. The molecule has 25 heavy (non-hydrogen) atoms. The Balaban J connectivity index is 1.50. The Morgan fingerprint density at radius 2 is 1.60 bits per heavy atom. The number of fused-ring (bicyclic) bond motifs is 1. The SMILES string of the molecule is O=C1NC(Cc2cccc3ccccc23)C(=O)NC1Cc1cnc[nH]1. The van der Waals surface area contributed by atoms with Crippen molar-refractivity contribution >= 4 is 22.6 Å². The minimum absolute atomic E-state index is 0.156. The fraction of sp³-hybridized carbons (Fsp3) is 0.211. The molecule has 0 spiro atoms. The number of benzene rings is 2. The summed E-state index contributed by atoms with van der Waals surface area (Å²) < 4.78 is 0. The van der Waals surface area contributed by atoms with E-state index in [9.17, 15) is 9.59 Å². The number of amides is 2. The van der Waals surface area contributed by atoms with Crippen LogP contribution in [0.2, 0.25) is 0 Å². The zero-order valence-corrected chi connectivity index (χ0v) is 13.5. The highest BCUT2D eigenvalue weighted by atomic mass is 16.2. The summed E-state index contributed by atoms with van der Waals surface area (Å²) in [6.45, 7) is 0. The minimum atomic E-state index is -0.572. The van der Waals surface area contributed by atoms with Gasteiger partial charge in [-0.15, -0.1) is 0 Å². The number of aromatic amines is 1. The average Bonchev–Trinajstić information content (AvgIpc) is 3.13. The van der Waals surface area contributed by atoms with Gasteiger partial charge in [-0.1, -0.05) is 42.5 Å². The number of hydrogen-bond acceptors (Lipinski definition) is 3. The highest BCUT2D eigenvalue weighted by Gasteiger charge is 2.34. The van der Waals surface area contributed by atoms with Gasteiger partial charge in [-0.3, -0.25) is 9.59 Å². The first-order valence-electron chi connectivity index (χ1n) is 8.25. The van der Waals surface area contributed by atoms with Crippen molar-refractivity contribution in [3.8, 4) is 0 Å². The summed E-state index contributed by atoms with van der Waals surface area (Å²) in [5, 5.41) is 7.91. The number of carbonyl (C=O) groups is 2. The second-order valence-electron chi connectivity index (χ2n) is 6.25. The largest absolute Gasteiger partial charge is 0.348 e. The molecule has 1 aromatic heterocycles. The summed E-state index contributed by atoms with van der Waals surface area (Å²) in [6.07, 6.45) is 4.08. The lowest BCUT2D eigenvalue weighted by molar-refractivity contribution is -0.136. The number of hydrogen-bond donors (Lipinski definition) is 3. The fourth-order valence-corrected chi connectivity index (χ4v) is 3.27. The third-order valence-corrected chi connectivity index (χ3v) is 4.55. The zero-order valence-electron chi connectivity index (χ0n) is 13.5. The van der Waals surface area contributed by atoms with Crippen molar-refractivity contribution in [2.24, 2.45) is 0 Å². The molecule has 1 saturated heterocycles. The maximum atomic E-state index is 12.5. The monoisotopic (exact) mass is 334 g/mol. The highest BCUT2D eigenvalue weighted by molar-refractivity contribution is 5.97. The molecule has 4 rings (SSSR count). The van der Waals surface area contributed by atoms with Crippen molar-refractivity contribution in [3.05, 3.63) is 66.2 Å². The van der Waals surface area contributed by atoms with Crippen LogP contribution in [0.3, 0.4) is 0 Å². The molecule has 0 aliphatic carbocycles. The molecule has 0 bridgehead atoms. The van der Waals surface area contributed by atoms with E-state index >= 15 is 0 Å². The third kappa shape index (κ3) is 3.10. The number of rotatable bonds is 4. The number of piperazine rings is 1. The Morgan fingerprint density at radius 3 is 2.36 bits per heavy atom. The van der Waals surface area contributed by atoms with Crippen molar-refractivity contribution in [3.63, 3.8) is 0 Å². The molecular formula is C19H18N4O2. The topological polar surface area (TPSA) is 86.9 Å². The van der Waals surface area contributed by atoms with E-state index in [1.54, 1.807) is 12.5 Å². The Hall–Kier alpha value is -3.15. The number of H-pyrrole nitrogens is 1. The Kier molecular flexibility index (Phi) is 3.93. The van der Waals surface area contributed by atoms with E-state index in [2.05, 4.69) is 20.6 Å². The molecule has 3 N–H and O–H groups in total. The molecule has 2 aromatic carbocycles. The molecule has 6 nitrogen and oxygen atoms in total. The lowest BCUT2D eigenvalue weighted by atomic mass is 9.96. The zero-order chi connectivity index (χ0) is 17.2. The first-order chi connectivity index (χ1) is 12.2. The number of aromatic nitrogens is 2. The van der Waals surface area contributed by atoms with Crippen LogP contribution in [0.25, 0.3) is 10.8 Å². The number of nitrogens with zero attached hydrogens (tertiary/aromatic N) is 1. The molecule has 2 unspecified atom stereocenters. The summed E-state index contributed by atoms with van der Waals surface area (Å²) in [6, 6.07) is 12.9. The van der Waals surface area contributed by atoms with Crippen LogP contribution in [0.1, 0.15) is 11.3 Å². The molecule has 126 valence electrons. The first-order valence-corrected chi connectivity index (χ1v) is 8.25. The summed E-state index contributed by atoms with van der Waals surface area (Å²) >= 11 is 0. The lowest BCUT2D eigenvalue weighted by Crippen LogP contribution is -2.62. The van der Waals surface area contributed by atoms with Gasteiger partial charge >= 0.3 is 0 Å².